The molecule has 1 atom stereocenters. The molecule has 0 unspecified atom stereocenters. The number of carbonyl (C=O) groups is 1. The van der Waals surface area contributed by atoms with Gasteiger partial charge in [-0.1, -0.05) is 12.5 Å². The van der Waals surface area contributed by atoms with Crippen molar-refractivity contribution in [3.63, 3.8) is 0 Å². The van der Waals surface area contributed by atoms with Crippen LogP contribution in [0.3, 0.4) is 0 Å². The summed E-state index contributed by atoms with van der Waals surface area (Å²) >= 11 is 0. The fourth-order valence-corrected chi connectivity index (χ4v) is 3.27. The molecule has 0 bridgehead atoms. The van der Waals surface area contributed by atoms with E-state index >= 15 is 0 Å². The molecule has 0 N–H and O–H groups in total. The molecule has 2 aliphatic heterocycles. The van der Waals surface area contributed by atoms with Crippen molar-refractivity contribution in [3.05, 3.63) is 34.9 Å². The standard InChI is InChI=1S/C15H19NO2/c1-18-15(17)12-5-6-13-11(10-12)7-9-16-8-3-2-4-14(13)16/h5-6,10,14H,2-4,7-9H2,1H3/t14-/m1/s1. The Balaban J connectivity index is 1.93. The monoisotopic (exact) mass is 245 g/mol. The van der Waals surface area contributed by atoms with Crippen LogP contribution in [-0.4, -0.2) is 31.1 Å². The average Bonchev–Trinajstić information content (AvgIpc) is 2.45. The van der Waals surface area contributed by atoms with Gasteiger partial charge in [0, 0.05) is 12.6 Å². The quantitative estimate of drug-likeness (QED) is 0.712. The molecule has 0 aromatic heterocycles. The van der Waals surface area contributed by atoms with E-state index < -0.39 is 0 Å². The van der Waals surface area contributed by atoms with Gasteiger partial charge >= 0.3 is 5.97 Å². The normalized spacial score (nSPS) is 23.1. The Morgan fingerprint density at radius 1 is 1.33 bits per heavy atom. The van der Waals surface area contributed by atoms with Crippen molar-refractivity contribution < 1.29 is 9.53 Å². The third-order valence-electron chi connectivity index (χ3n) is 4.21. The van der Waals surface area contributed by atoms with Gasteiger partial charge in [-0.25, -0.2) is 4.79 Å². The molecule has 0 spiro atoms. The third-order valence-corrected chi connectivity index (χ3v) is 4.21. The summed E-state index contributed by atoms with van der Waals surface area (Å²) in [6, 6.07) is 6.63. The van der Waals surface area contributed by atoms with Crippen LogP contribution >= 0.6 is 0 Å². The molecule has 96 valence electrons. The van der Waals surface area contributed by atoms with Crippen molar-refractivity contribution in [1.82, 2.24) is 4.90 Å². The number of rotatable bonds is 1. The molecule has 3 heteroatoms. The highest BCUT2D eigenvalue weighted by molar-refractivity contribution is 5.89. The van der Waals surface area contributed by atoms with Gasteiger partial charge in [-0.05, 0) is 49.1 Å². The zero-order valence-electron chi connectivity index (χ0n) is 10.8. The summed E-state index contributed by atoms with van der Waals surface area (Å²) in [5.74, 6) is -0.233. The van der Waals surface area contributed by atoms with Crippen LogP contribution in [0.1, 0.15) is 46.8 Å². The molecule has 18 heavy (non-hydrogen) atoms. The molecule has 0 aliphatic carbocycles. The summed E-state index contributed by atoms with van der Waals surface area (Å²) in [5.41, 5.74) is 3.44. The Morgan fingerprint density at radius 2 is 2.22 bits per heavy atom. The molecule has 2 heterocycles. The minimum Gasteiger partial charge on any atom is -0.465 e. The highest BCUT2D eigenvalue weighted by atomic mass is 16.5. The highest BCUT2D eigenvalue weighted by Gasteiger charge is 2.29. The molecular formula is C15H19NO2. The molecule has 3 rings (SSSR count). The molecule has 1 aromatic rings. The van der Waals surface area contributed by atoms with Crippen LogP contribution in [0, 0.1) is 0 Å². The number of piperidine rings is 1. The SMILES string of the molecule is COC(=O)c1ccc2c(c1)CCN1CCCC[C@H]21. The van der Waals surface area contributed by atoms with Gasteiger partial charge < -0.3 is 4.74 Å². The molecule has 2 aliphatic rings. The lowest BCUT2D eigenvalue weighted by Crippen LogP contribution is -2.38. The van der Waals surface area contributed by atoms with E-state index in [1.54, 1.807) is 0 Å². The lowest BCUT2D eigenvalue weighted by molar-refractivity contribution is 0.0600. The van der Waals surface area contributed by atoms with Crippen LogP contribution in [0.5, 0.6) is 0 Å². The van der Waals surface area contributed by atoms with E-state index in [4.69, 9.17) is 4.74 Å². The largest absolute Gasteiger partial charge is 0.465 e. The van der Waals surface area contributed by atoms with Gasteiger partial charge in [0.25, 0.3) is 0 Å². The summed E-state index contributed by atoms with van der Waals surface area (Å²) in [7, 11) is 1.44. The molecule has 3 nitrogen and oxygen atoms in total. The van der Waals surface area contributed by atoms with Crippen molar-refractivity contribution in [1.29, 1.82) is 0 Å². The number of ether oxygens (including phenoxy) is 1. The number of hydrogen-bond donors (Lipinski definition) is 0. The van der Waals surface area contributed by atoms with E-state index in [1.807, 2.05) is 12.1 Å². The number of hydrogen-bond acceptors (Lipinski definition) is 3. The van der Waals surface area contributed by atoms with Gasteiger partial charge in [-0.2, -0.15) is 0 Å². The van der Waals surface area contributed by atoms with Crippen LogP contribution in [0.4, 0.5) is 0 Å². The molecule has 1 fully saturated rings. The van der Waals surface area contributed by atoms with Crippen LogP contribution in [0.2, 0.25) is 0 Å². The second kappa shape index (κ2) is 4.73. The summed E-state index contributed by atoms with van der Waals surface area (Å²) in [5, 5.41) is 0. The Morgan fingerprint density at radius 3 is 3.06 bits per heavy atom. The maximum Gasteiger partial charge on any atom is 0.337 e. The predicted molar refractivity (Wildman–Crippen MR) is 69.7 cm³/mol. The average molecular weight is 245 g/mol. The van der Waals surface area contributed by atoms with Crippen molar-refractivity contribution >= 4 is 5.97 Å². The molecule has 0 radical (unpaired) electrons. The third kappa shape index (κ3) is 1.93. The van der Waals surface area contributed by atoms with Gasteiger partial charge in [-0.3, -0.25) is 4.90 Å². The number of fused-ring (bicyclic) bond motifs is 3. The van der Waals surface area contributed by atoms with Crippen molar-refractivity contribution in [2.45, 2.75) is 31.7 Å². The predicted octanol–water partition coefficient (Wildman–Crippen LogP) is 2.56. The number of methoxy groups -OCH3 is 1. The second-order valence-corrected chi connectivity index (χ2v) is 5.20. The Labute approximate surface area is 108 Å². The number of esters is 1. The van der Waals surface area contributed by atoms with E-state index in [0.717, 1.165) is 13.0 Å². The van der Waals surface area contributed by atoms with Crippen LogP contribution < -0.4 is 0 Å². The summed E-state index contributed by atoms with van der Waals surface area (Å²) in [6.45, 7) is 2.35. The van der Waals surface area contributed by atoms with E-state index in [2.05, 4.69) is 11.0 Å². The first-order valence-corrected chi connectivity index (χ1v) is 6.75. The van der Waals surface area contributed by atoms with E-state index in [1.165, 1.54) is 44.0 Å². The summed E-state index contributed by atoms with van der Waals surface area (Å²) in [4.78, 5) is 14.1. The van der Waals surface area contributed by atoms with Crippen molar-refractivity contribution in [2.75, 3.05) is 20.2 Å². The van der Waals surface area contributed by atoms with Gasteiger partial charge in [0.15, 0.2) is 0 Å². The summed E-state index contributed by atoms with van der Waals surface area (Å²) in [6.07, 6.45) is 4.95. The minimum absolute atomic E-state index is 0.233. The fraction of sp³-hybridized carbons (Fsp3) is 0.533. The molecule has 0 saturated carbocycles. The minimum atomic E-state index is -0.233. The number of benzene rings is 1. The maximum atomic E-state index is 11.5. The van der Waals surface area contributed by atoms with Crippen LogP contribution in [-0.2, 0) is 11.2 Å². The molecule has 1 aromatic carbocycles. The van der Waals surface area contributed by atoms with Gasteiger partial charge in [0.05, 0.1) is 12.7 Å². The van der Waals surface area contributed by atoms with E-state index in [-0.39, 0.29) is 5.97 Å². The van der Waals surface area contributed by atoms with Gasteiger partial charge in [0.2, 0.25) is 0 Å². The smallest absolute Gasteiger partial charge is 0.337 e. The maximum absolute atomic E-state index is 11.5. The molecule has 1 saturated heterocycles. The first-order valence-electron chi connectivity index (χ1n) is 6.75. The fourth-order valence-electron chi connectivity index (χ4n) is 3.27. The summed E-state index contributed by atoms with van der Waals surface area (Å²) < 4.78 is 4.78. The topological polar surface area (TPSA) is 29.5 Å². The lowest BCUT2D eigenvalue weighted by Gasteiger charge is -2.40. The first kappa shape index (κ1) is 11.7. The zero-order chi connectivity index (χ0) is 12.5. The van der Waals surface area contributed by atoms with Crippen LogP contribution in [0.25, 0.3) is 0 Å². The van der Waals surface area contributed by atoms with E-state index in [0.29, 0.717) is 11.6 Å². The Hall–Kier alpha value is -1.35. The van der Waals surface area contributed by atoms with Crippen molar-refractivity contribution in [2.24, 2.45) is 0 Å². The van der Waals surface area contributed by atoms with E-state index in [9.17, 15) is 4.79 Å². The van der Waals surface area contributed by atoms with Crippen LogP contribution in [0.15, 0.2) is 18.2 Å². The Bertz CT molecular complexity index is 470. The van der Waals surface area contributed by atoms with Gasteiger partial charge in [-0.15, -0.1) is 0 Å². The molecular weight excluding hydrogens is 226 g/mol. The number of carbonyl (C=O) groups excluding carboxylic acids is 1. The first-order chi connectivity index (χ1) is 8.79. The Kier molecular flexibility index (Phi) is 3.08. The molecule has 0 amide bonds. The number of nitrogens with zero attached hydrogens (tertiary/aromatic N) is 1. The highest BCUT2D eigenvalue weighted by Crippen LogP contribution is 2.36. The zero-order valence-corrected chi connectivity index (χ0v) is 10.8. The van der Waals surface area contributed by atoms with Gasteiger partial charge in [0.1, 0.15) is 0 Å². The van der Waals surface area contributed by atoms with Crippen molar-refractivity contribution in [3.8, 4) is 0 Å². The second-order valence-electron chi connectivity index (χ2n) is 5.20. The lowest BCUT2D eigenvalue weighted by atomic mass is 9.86.